The molecular formula is C10H9F3LiNO4S2. The van der Waals surface area contributed by atoms with Gasteiger partial charge in [0.05, 0.1) is 0 Å². The fourth-order valence-corrected chi connectivity index (χ4v) is 3.50. The normalized spacial score (nSPS) is 12.5. The molecule has 1 aromatic carbocycles. The summed E-state index contributed by atoms with van der Waals surface area (Å²) < 4.78 is 84.9. The average molecular weight is 335 g/mol. The van der Waals surface area contributed by atoms with Gasteiger partial charge in [-0.25, -0.2) is 21.2 Å². The zero-order valence-electron chi connectivity index (χ0n) is 10.8. The predicted molar refractivity (Wildman–Crippen MR) is 66.9 cm³/mol. The number of sulfonamides is 2. The van der Waals surface area contributed by atoms with Crippen LogP contribution in [0.2, 0.25) is 0 Å². The Morgan fingerprint density at radius 2 is 1.62 bits per heavy atom. The molecule has 0 bridgehead atoms. The molecule has 0 aliphatic rings. The van der Waals surface area contributed by atoms with E-state index in [1.165, 1.54) is 18.2 Å². The third kappa shape index (κ3) is 4.59. The molecule has 0 spiro atoms. The van der Waals surface area contributed by atoms with E-state index >= 15 is 0 Å². The van der Waals surface area contributed by atoms with Crippen molar-refractivity contribution in [1.82, 2.24) is 0 Å². The summed E-state index contributed by atoms with van der Waals surface area (Å²) in [5.41, 5.74) is 0.529. The van der Waals surface area contributed by atoms with E-state index in [0.29, 0.717) is 5.56 Å². The molecule has 0 saturated heterocycles. The zero-order chi connectivity index (χ0) is 15.6. The largest absolute Gasteiger partial charge is 1.00 e. The van der Waals surface area contributed by atoms with Crippen LogP contribution in [0.1, 0.15) is 5.56 Å². The van der Waals surface area contributed by atoms with Crippen molar-refractivity contribution in [2.75, 3.05) is 6.67 Å². The van der Waals surface area contributed by atoms with E-state index in [-0.39, 0.29) is 18.9 Å². The molecule has 0 radical (unpaired) electrons. The summed E-state index contributed by atoms with van der Waals surface area (Å²) in [5, 5.41) is -4.89. The van der Waals surface area contributed by atoms with Crippen LogP contribution in [0.4, 0.5) is 13.2 Å². The third-order valence-corrected chi connectivity index (χ3v) is 5.44. The summed E-state index contributed by atoms with van der Waals surface area (Å²) in [6.45, 7) is 0.850. The van der Waals surface area contributed by atoms with E-state index in [9.17, 15) is 30.0 Å². The van der Waals surface area contributed by atoms with Crippen LogP contribution in [0.25, 0.3) is 10.2 Å². The van der Waals surface area contributed by atoms with E-state index in [0.717, 1.165) is 12.1 Å². The Balaban J connectivity index is 0.00000400. The molecular weight excluding hydrogens is 326 g/mol. The van der Waals surface area contributed by atoms with Crippen LogP contribution in [0.15, 0.2) is 35.7 Å². The minimum atomic E-state index is -5.82. The van der Waals surface area contributed by atoms with Gasteiger partial charge in [-0.15, -0.1) is 0 Å². The molecule has 0 heterocycles. The number of nitrogens with zero attached hydrogens (tertiary/aromatic N) is 1. The van der Waals surface area contributed by atoms with Gasteiger partial charge < -0.3 is 4.13 Å². The summed E-state index contributed by atoms with van der Waals surface area (Å²) in [5.74, 6) is 0. The third-order valence-electron chi connectivity index (χ3n) is 2.14. The molecule has 0 amide bonds. The Morgan fingerprint density at radius 3 is 2.00 bits per heavy atom. The number of benzene rings is 1. The minimum absolute atomic E-state index is 0. The molecule has 1 aromatic rings. The van der Waals surface area contributed by atoms with Crippen LogP contribution < -0.4 is 18.9 Å². The van der Waals surface area contributed by atoms with Gasteiger partial charge in [-0.3, -0.25) is 0 Å². The minimum Gasteiger partial charge on any atom is -0.427 e. The first-order chi connectivity index (χ1) is 9.05. The Morgan fingerprint density at radius 1 is 1.14 bits per heavy atom. The molecule has 0 N–H and O–H groups in total. The van der Waals surface area contributed by atoms with E-state index < -0.39 is 36.9 Å². The van der Waals surface area contributed by atoms with Gasteiger partial charge in [-0.2, -0.15) is 8.78 Å². The van der Waals surface area contributed by atoms with Crippen LogP contribution in [0, 0.1) is 0 Å². The van der Waals surface area contributed by atoms with Crippen LogP contribution in [-0.4, -0.2) is 28.8 Å². The number of hydrogen-bond acceptors (Lipinski definition) is 4. The summed E-state index contributed by atoms with van der Waals surface area (Å²) in [6, 6.07) is 4.49. The van der Waals surface area contributed by atoms with E-state index in [1.54, 1.807) is 0 Å². The van der Waals surface area contributed by atoms with E-state index in [2.05, 4.69) is 10.7 Å². The van der Waals surface area contributed by atoms with Gasteiger partial charge in [-0.05, 0) is 17.7 Å². The van der Waals surface area contributed by atoms with Gasteiger partial charge in [0.15, 0.2) is 16.7 Å². The topological polar surface area (TPSA) is 82.4 Å². The Bertz CT molecular complexity index is 702. The van der Waals surface area contributed by atoms with Crippen molar-refractivity contribution in [2.24, 2.45) is 0 Å². The van der Waals surface area contributed by atoms with Gasteiger partial charge in [0, 0.05) is 4.90 Å². The van der Waals surface area contributed by atoms with Crippen LogP contribution >= 0.6 is 0 Å². The quantitative estimate of drug-likeness (QED) is 0.643. The number of rotatable bonds is 6. The van der Waals surface area contributed by atoms with Crippen molar-refractivity contribution < 1.29 is 48.9 Å². The van der Waals surface area contributed by atoms with Gasteiger partial charge in [-0.1, -0.05) is 24.8 Å². The second kappa shape index (κ2) is 6.98. The molecule has 0 aliphatic carbocycles. The number of halogens is 3. The molecule has 5 nitrogen and oxygen atoms in total. The second-order valence-electron chi connectivity index (χ2n) is 3.57. The Kier molecular flexibility index (Phi) is 6.71. The SMILES string of the molecule is C=Cc1ccc(S(=O)(=O)[N-]S(=O)(=O)C(F)(F)CF)cc1.[Li+]. The summed E-state index contributed by atoms with van der Waals surface area (Å²) in [4.78, 5) is -0.610. The van der Waals surface area contributed by atoms with Crippen LogP contribution in [0.5, 0.6) is 0 Å². The molecule has 0 atom stereocenters. The Hall–Kier alpha value is -0.793. The molecule has 0 fully saturated rings. The summed E-state index contributed by atoms with van der Waals surface area (Å²) in [7, 11) is -10.7. The van der Waals surface area contributed by atoms with Crippen LogP contribution in [-0.2, 0) is 20.0 Å². The molecule has 21 heavy (non-hydrogen) atoms. The zero-order valence-corrected chi connectivity index (χ0v) is 12.5. The van der Waals surface area contributed by atoms with Gasteiger partial charge in [0.2, 0.25) is 0 Å². The van der Waals surface area contributed by atoms with Gasteiger partial charge in [0.25, 0.3) is 0 Å². The fraction of sp³-hybridized carbons (Fsp3) is 0.200. The van der Waals surface area contributed by atoms with Crippen molar-refractivity contribution in [1.29, 1.82) is 0 Å². The van der Waals surface area contributed by atoms with E-state index in [4.69, 9.17) is 0 Å². The monoisotopic (exact) mass is 335 g/mol. The smallest absolute Gasteiger partial charge is 0.427 e. The standard InChI is InChI=1S/C10H9F3NO4S2.Li/c1-2-8-3-5-9(6-4-8)19(15,16)14-20(17,18)10(12,13)7-11;/h2-6H,1,7H2;/q-1;+1. The van der Waals surface area contributed by atoms with Crippen molar-refractivity contribution in [3.8, 4) is 0 Å². The van der Waals surface area contributed by atoms with Crippen molar-refractivity contribution >= 4 is 26.1 Å². The maximum Gasteiger partial charge on any atom is 1.00 e. The molecule has 11 heteroatoms. The number of alkyl halides is 3. The molecule has 0 saturated carbocycles. The molecule has 112 valence electrons. The van der Waals surface area contributed by atoms with Crippen molar-refractivity contribution in [3.63, 3.8) is 0 Å². The molecule has 0 unspecified atom stereocenters. The van der Waals surface area contributed by atoms with E-state index in [1.807, 2.05) is 0 Å². The maximum atomic E-state index is 12.8. The van der Waals surface area contributed by atoms with Gasteiger partial charge in [0.1, 0.15) is 10.0 Å². The maximum absolute atomic E-state index is 12.8. The van der Waals surface area contributed by atoms with Crippen molar-refractivity contribution in [2.45, 2.75) is 10.2 Å². The fourth-order valence-electron chi connectivity index (χ4n) is 1.07. The first kappa shape index (κ1) is 20.2. The first-order valence-electron chi connectivity index (χ1n) is 4.96. The molecule has 1 rings (SSSR count). The second-order valence-corrected chi connectivity index (χ2v) is 7.13. The summed E-state index contributed by atoms with van der Waals surface area (Å²) >= 11 is 0. The predicted octanol–water partition coefficient (Wildman–Crippen LogP) is -0.712. The average Bonchev–Trinajstić information content (AvgIpc) is 2.37. The van der Waals surface area contributed by atoms with Gasteiger partial charge >= 0.3 is 24.1 Å². The van der Waals surface area contributed by atoms with Crippen molar-refractivity contribution in [3.05, 3.63) is 40.5 Å². The first-order valence-corrected chi connectivity index (χ1v) is 7.84. The van der Waals surface area contributed by atoms with Crippen LogP contribution in [0.3, 0.4) is 0 Å². The number of hydrogen-bond donors (Lipinski definition) is 0. The Labute approximate surface area is 132 Å². The molecule has 0 aliphatic heterocycles. The molecule has 0 aromatic heterocycles. The summed E-state index contributed by atoms with van der Waals surface area (Å²) in [6.07, 6.45) is 1.39.